The van der Waals surface area contributed by atoms with Gasteiger partial charge in [0.25, 0.3) is 0 Å². The molecule has 2 rings (SSSR count). The first-order chi connectivity index (χ1) is 8.29. The van der Waals surface area contributed by atoms with E-state index in [1.54, 1.807) is 0 Å². The molecule has 0 aromatic heterocycles. The van der Waals surface area contributed by atoms with Crippen molar-refractivity contribution in [2.75, 3.05) is 6.54 Å². The molecule has 1 fully saturated rings. The van der Waals surface area contributed by atoms with Gasteiger partial charge in [0.15, 0.2) is 0 Å². The largest absolute Gasteiger partial charge is 0.330 e. The zero-order valence-corrected chi connectivity index (χ0v) is 11.0. The Labute approximate surface area is 105 Å². The summed E-state index contributed by atoms with van der Waals surface area (Å²) in [6, 6.07) is 9.02. The van der Waals surface area contributed by atoms with Crippen LogP contribution in [0.3, 0.4) is 0 Å². The summed E-state index contributed by atoms with van der Waals surface area (Å²) in [5.74, 6) is 1.56. The molecule has 2 N–H and O–H groups in total. The Kier molecular flexibility index (Phi) is 4.61. The maximum Gasteiger partial charge on any atom is -0.00461 e. The second-order valence-corrected chi connectivity index (χ2v) is 5.58. The van der Waals surface area contributed by atoms with E-state index in [1.165, 1.54) is 49.7 Å². The van der Waals surface area contributed by atoms with Crippen molar-refractivity contribution in [1.29, 1.82) is 0 Å². The predicted molar refractivity (Wildman–Crippen MR) is 74.0 cm³/mol. The number of hydrogen-bond acceptors (Lipinski definition) is 1. The highest BCUT2D eigenvalue weighted by atomic mass is 14.6. The Morgan fingerprint density at radius 2 is 1.65 bits per heavy atom. The van der Waals surface area contributed by atoms with E-state index in [9.17, 15) is 0 Å². The standard InChI is InChI=1S/C16H25N/c1-13-7-9-14(10-8-13)11-15-5-3-2-4-6-16(15)12-17/h7-10,15-16H,2-6,11-12,17H2,1H3. The summed E-state index contributed by atoms with van der Waals surface area (Å²) < 4.78 is 0. The zero-order chi connectivity index (χ0) is 12.1. The van der Waals surface area contributed by atoms with E-state index >= 15 is 0 Å². The van der Waals surface area contributed by atoms with Crippen LogP contribution in [-0.4, -0.2) is 6.54 Å². The van der Waals surface area contributed by atoms with Crippen LogP contribution in [0.2, 0.25) is 0 Å². The summed E-state index contributed by atoms with van der Waals surface area (Å²) in [5.41, 5.74) is 8.78. The molecule has 1 aromatic rings. The number of aryl methyl sites for hydroxylation is 1. The number of benzene rings is 1. The Morgan fingerprint density at radius 3 is 2.29 bits per heavy atom. The molecule has 0 amide bonds. The van der Waals surface area contributed by atoms with E-state index in [0.29, 0.717) is 0 Å². The summed E-state index contributed by atoms with van der Waals surface area (Å²) >= 11 is 0. The Hall–Kier alpha value is -0.820. The van der Waals surface area contributed by atoms with Crippen LogP contribution in [0.1, 0.15) is 43.2 Å². The van der Waals surface area contributed by atoms with Crippen molar-refractivity contribution in [2.45, 2.75) is 45.4 Å². The highest BCUT2D eigenvalue weighted by Gasteiger charge is 2.22. The third-order valence-corrected chi connectivity index (χ3v) is 4.24. The van der Waals surface area contributed by atoms with Crippen LogP contribution in [0.15, 0.2) is 24.3 Å². The van der Waals surface area contributed by atoms with Gasteiger partial charge in [0.2, 0.25) is 0 Å². The molecule has 1 aliphatic rings. The quantitative estimate of drug-likeness (QED) is 0.789. The van der Waals surface area contributed by atoms with E-state index in [0.717, 1.165) is 18.4 Å². The van der Waals surface area contributed by atoms with Crippen molar-refractivity contribution in [3.05, 3.63) is 35.4 Å². The van der Waals surface area contributed by atoms with E-state index in [4.69, 9.17) is 5.73 Å². The first-order valence-electron chi connectivity index (χ1n) is 7.05. The van der Waals surface area contributed by atoms with Gasteiger partial charge in [-0.1, -0.05) is 49.1 Å². The molecule has 0 heterocycles. The fraction of sp³-hybridized carbons (Fsp3) is 0.625. The first kappa shape index (κ1) is 12.6. The molecule has 94 valence electrons. The van der Waals surface area contributed by atoms with Gasteiger partial charge in [-0.15, -0.1) is 0 Å². The molecular weight excluding hydrogens is 206 g/mol. The van der Waals surface area contributed by atoms with Crippen LogP contribution in [-0.2, 0) is 6.42 Å². The lowest BCUT2D eigenvalue weighted by atomic mass is 9.83. The van der Waals surface area contributed by atoms with Crippen LogP contribution in [0.25, 0.3) is 0 Å². The highest BCUT2D eigenvalue weighted by molar-refractivity contribution is 5.21. The van der Waals surface area contributed by atoms with Gasteiger partial charge in [0.1, 0.15) is 0 Å². The normalized spacial score (nSPS) is 25.5. The van der Waals surface area contributed by atoms with Crippen molar-refractivity contribution in [2.24, 2.45) is 17.6 Å². The maximum absolute atomic E-state index is 5.94. The third-order valence-electron chi connectivity index (χ3n) is 4.24. The van der Waals surface area contributed by atoms with Gasteiger partial charge in [0.05, 0.1) is 0 Å². The number of rotatable bonds is 3. The summed E-state index contributed by atoms with van der Waals surface area (Å²) in [4.78, 5) is 0. The molecule has 1 aliphatic carbocycles. The molecule has 0 aliphatic heterocycles. The summed E-state index contributed by atoms with van der Waals surface area (Å²) in [6.45, 7) is 3.02. The van der Waals surface area contributed by atoms with Gasteiger partial charge < -0.3 is 5.73 Å². The van der Waals surface area contributed by atoms with E-state index in [2.05, 4.69) is 31.2 Å². The summed E-state index contributed by atoms with van der Waals surface area (Å²) in [6.07, 6.45) is 8.12. The molecule has 2 atom stereocenters. The van der Waals surface area contributed by atoms with Crippen molar-refractivity contribution < 1.29 is 0 Å². The molecule has 0 saturated heterocycles. The van der Waals surface area contributed by atoms with E-state index in [-0.39, 0.29) is 0 Å². The molecule has 1 saturated carbocycles. The topological polar surface area (TPSA) is 26.0 Å². The van der Waals surface area contributed by atoms with Crippen LogP contribution in [0, 0.1) is 18.8 Å². The second kappa shape index (κ2) is 6.20. The lowest BCUT2D eigenvalue weighted by Gasteiger charge is -2.23. The van der Waals surface area contributed by atoms with Gasteiger partial charge in [-0.2, -0.15) is 0 Å². The minimum absolute atomic E-state index is 0.749. The lowest BCUT2D eigenvalue weighted by Crippen LogP contribution is -2.24. The molecule has 0 spiro atoms. The lowest BCUT2D eigenvalue weighted by molar-refractivity contribution is 0.318. The predicted octanol–water partition coefficient (Wildman–Crippen LogP) is 3.69. The van der Waals surface area contributed by atoms with Gasteiger partial charge >= 0.3 is 0 Å². The molecule has 1 nitrogen and oxygen atoms in total. The Bertz CT molecular complexity index is 328. The fourth-order valence-corrected chi connectivity index (χ4v) is 3.07. The Balaban J connectivity index is 2.01. The van der Waals surface area contributed by atoms with E-state index < -0.39 is 0 Å². The molecule has 17 heavy (non-hydrogen) atoms. The molecule has 2 unspecified atom stereocenters. The highest BCUT2D eigenvalue weighted by Crippen LogP contribution is 2.30. The van der Waals surface area contributed by atoms with Crippen molar-refractivity contribution >= 4 is 0 Å². The third kappa shape index (κ3) is 3.57. The molecular formula is C16H25N. The molecule has 0 radical (unpaired) electrons. The smallest absolute Gasteiger partial charge is 0.00461 e. The van der Waals surface area contributed by atoms with Crippen molar-refractivity contribution in [3.8, 4) is 0 Å². The van der Waals surface area contributed by atoms with Crippen LogP contribution >= 0.6 is 0 Å². The zero-order valence-electron chi connectivity index (χ0n) is 11.0. The van der Waals surface area contributed by atoms with Gasteiger partial charge in [-0.05, 0) is 50.1 Å². The van der Waals surface area contributed by atoms with Crippen LogP contribution in [0.4, 0.5) is 0 Å². The monoisotopic (exact) mass is 231 g/mol. The summed E-state index contributed by atoms with van der Waals surface area (Å²) in [5, 5.41) is 0. The minimum atomic E-state index is 0.749. The SMILES string of the molecule is Cc1ccc(CC2CCCCCC2CN)cc1. The van der Waals surface area contributed by atoms with Gasteiger partial charge in [0, 0.05) is 0 Å². The molecule has 1 aromatic carbocycles. The number of hydrogen-bond donors (Lipinski definition) is 1. The average molecular weight is 231 g/mol. The first-order valence-corrected chi connectivity index (χ1v) is 7.05. The average Bonchev–Trinajstić information content (AvgIpc) is 2.57. The van der Waals surface area contributed by atoms with Gasteiger partial charge in [-0.3, -0.25) is 0 Å². The van der Waals surface area contributed by atoms with Crippen molar-refractivity contribution in [1.82, 2.24) is 0 Å². The number of nitrogens with two attached hydrogens (primary N) is 1. The summed E-state index contributed by atoms with van der Waals surface area (Å²) in [7, 11) is 0. The molecule has 1 heteroatoms. The fourth-order valence-electron chi connectivity index (χ4n) is 3.07. The Morgan fingerprint density at radius 1 is 1.00 bits per heavy atom. The van der Waals surface area contributed by atoms with Crippen LogP contribution < -0.4 is 5.73 Å². The minimum Gasteiger partial charge on any atom is -0.330 e. The van der Waals surface area contributed by atoms with Crippen LogP contribution in [0.5, 0.6) is 0 Å². The van der Waals surface area contributed by atoms with Gasteiger partial charge in [-0.25, -0.2) is 0 Å². The van der Waals surface area contributed by atoms with Crippen molar-refractivity contribution in [3.63, 3.8) is 0 Å². The second-order valence-electron chi connectivity index (χ2n) is 5.58. The van der Waals surface area contributed by atoms with E-state index in [1.807, 2.05) is 0 Å². The molecule has 0 bridgehead atoms. The maximum atomic E-state index is 5.94.